The van der Waals surface area contributed by atoms with Gasteiger partial charge >= 0.3 is 0 Å². The Labute approximate surface area is 131 Å². The van der Waals surface area contributed by atoms with E-state index in [1.165, 1.54) is 11.6 Å². The summed E-state index contributed by atoms with van der Waals surface area (Å²) in [5, 5.41) is 12.4. The zero-order valence-corrected chi connectivity index (χ0v) is 13.1. The standard InChI is InChI=1S/C14H15ClN4OS/c1-8-4-10(9-2-3-21-7-9)6-19(8)14-11(13(16)20)5-12(15)17-18-14/h2-3,5,7-8,10H,4,6H2,1H3,(H2,16,20)/t8-,10+/m0/s1. The Morgan fingerprint density at radius 1 is 1.52 bits per heavy atom. The van der Waals surface area contributed by atoms with Crippen molar-refractivity contribution in [3.8, 4) is 0 Å². The van der Waals surface area contributed by atoms with Gasteiger partial charge in [-0.3, -0.25) is 4.79 Å². The molecule has 1 fully saturated rings. The number of halogens is 1. The summed E-state index contributed by atoms with van der Waals surface area (Å²) in [4.78, 5) is 13.7. The number of hydrogen-bond acceptors (Lipinski definition) is 5. The summed E-state index contributed by atoms with van der Waals surface area (Å²) >= 11 is 7.51. The van der Waals surface area contributed by atoms with E-state index < -0.39 is 5.91 Å². The topological polar surface area (TPSA) is 72.1 Å². The third kappa shape index (κ3) is 2.73. The summed E-state index contributed by atoms with van der Waals surface area (Å²) in [5.74, 6) is 0.426. The molecular formula is C14H15ClN4OS. The van der Waals surface area contributed by atoms with Gasteiger partial charge in [0.05, 0.1) is 5.56 Å². The summed E-state index contributed by atoms with van der Waals surface area (Å²) in [6, 6.07) is 3.90. The molecule has 0 saturated carbocycles. The van der Waals surface area contributed by atoms with Crippen LogP contribution in [0.25, 0.3) is 0 Å². The summed E-state index contributed by atoms with van der Waals surface area (Å²) in [6.45, 7) is 2.92. The first-order chi connectivity index (χ1) is 10.1. The van der Waals surface area contributed by atoms with Crippen molar-refractivity contribution < 1.29 is 4.79 Å². The highest BCUT2D eigenvalue weighted by Crippen LogP contribution is 2.36. The molecule has 1 saturated heterocycles. The van der Waals surface area contributed by atoms with Gasteiger partial charge in [-0.15, -0.1) is 10.2 Å². The third-order valence-corrected chi connectivity index (χ3v) is 4.76. The smallest absolute Gasteiger partial charge is 0.252 e. The fourth-order valence-corrected chi connectivity index (χ4v) is 3.72. The lowest BCUT2D eigenvalue weighted by Crippen LogP contribution is -2.30. The van der Waals surface area contributed by atoms with Crippen molar-refractivity contribution >= 4 is 34.7 Å². The molecular weight excluding hydrogens is 308 g/mol. The molecule has 2 N–H and O–H groups in total. The maximum Gasteiger partial charge on any atom is 0.252 e. The van der Waals surface area contributed by atoms with E-state index in [-0.39, 0.29) is 11.2 Å². The molecule has 0 aliphatic carbocycles. The number of nitrogens with two attached hydrogens (primary N) is 1. The van der Waals surface area contributed by atoms with E-state index in [9.17, 15) is 4.79 Å². The van der Waals surface area contributed by atoms with Gasteiger partial charge in [0, 0.05) is 18.5 Å². The van der Waals surface area contributed by atoms with E-state index in [4.69, 9.17) is 17.3 Å². The van der Waals surface area contributed by atoms with Crippen LogP contribution in [0.1, 0.15) is 35.2 Å². The molecule has 1 aliphatic rings. The first-order valence-electron chi connectivity index (χ1n) is 6.68. The Morgan fingerprint density at radius 2 is 2.33 bits per heavy atom. The number of carbonyl (C=O) groups excluding carboxylic acids is 1. The normalized spacial score (nSPS) is 21.7. The van der Waals surface area contributed by atoms with Crippen LogP contribution in [0.5, 0.6) is 0 Å². The fraction of sp³-hybridized carbons (Fsp3) is 0.357. The molecule has 2 atom stereocenters. The fourth-order valence-electron chi connectivity index (χ4n) is 2.83. The molecule has 5 nitrogen and oxygen atoms in total. The molecule has 0 radical (unpaired) electrons. The zero-order valence-electron chi connectivity index (χ0n) is 11.5. The Hall–Kier alpha value is -1.66. The molecule has 0 aromatic carbocycles. The first kappa shape index (κ1) is 14.3. The van der Waals surface area contributed by atoms with Crippen molar-refractivity contribution in [3.63, 3.8) is 0 Å². The molecule has 3 heterocycles. The Morgan fingerprint density at radius 3 is 3.00 bits per heavy atom. The Kier molecular flexibility index (Phi) is 3.82. The number of thiophene rings is 1. The number of aromatic nitrogens is 2. The van der Waals surface area contributed by atoms with Gasteiger partial charge in [0.25, 0.3) is 5.91 Å². The number of anilines is 1. The van der Waals surface area contributed by atoms with Crippen molar-refractivity contribution in [1.29, 1.82) is 0 Å². The summed E-state index contributed by atoms with van der Waals surface area (Å²) in [6.07, 6.45) is 1.01. The van der Waals surface area contributed by atoms with Gasteiger partial charge in [-0.1, -0.05) is 11.6 Å². The van der Waals surface area contributed by atoms with Crippen LogP contribution in [0, 0.1) is 0 Å². The van der Waals surface area contributed by atoms with Crippen LogP contribution in [0.2, 0.25) is 5.15 Å². The molecule has 0 spiro atoms. The second-order valence-electron chi connectivity index (χ2n) is 5.26. The van der Waals surface area contributed by atoms with E-state index in [2.05, 4.69) is 38.8 Å². The van der Waals surface area contributed by atoms with Crippen molar-refractivity contribution in [3.05, 3.63) is 39.2 Å². The van der Waals surface area contributed by atoms with Crippen molar-refractivity contribution in [2.45, 2.75) is 25.3 Å². The summed E-state index contributed by atoms with van der Waals surface area (Å²) in [5.41, 5.74) is 7.09. The lowest BCUT2D eigenvalue weighted by atomic mass is 10.00. The van der Waals surface area contributed by atoms with E-state index in [0.29, 0.717) is 17.3 Å². The van der Waals surface area contributed by atoms with Gasteiger partial charge in [0.1, 0.15) is 0 Å². The Balaban J connectivity index is 1.92. The van der Waals surface area contributed by atoms with Gasteiger partial charge in [0.2, 0.25) is 0 Å². The van der Waals surface area contributed by atoms with Crippen LogP contribution in [0.3, 0.4) is 0 Å². The van der Waals surface area contributed by atoms with Crippen LogP contribution in [-0.2, 0) is 0 Å². The van der Waals surface area contributed by atoms with Gasteiger partial charge in [-0.2, -0.15) is 11.3 Å². The molecule has 2 aromatic heterocycles. The van der Waals surface area contributed by atoms with Crippen LogP contribution in [-0.4, -0.2) is 28.7 Å². The third-order valence-electron chi connectivity index (χ3n) is 3.87. The minimum absolute atomic E-state index is 0.175. The van der Waals surface area contributed by atoms with Crippen LogP contribution >= 0.6 is 22.9 Å². The summed E-state index contributed by atoms with van der Waals surface area (Å²) < 4.78 is 0. The predicted octanol–water partition coefficient (Wildman–Crippen LogP) is 2.67. The number of carbonyl (C=O) groups is 1. The highest BCUT2D eigenvalue weighted by molar-refractivity contribution is 7.08. The maximum absolute atomic E-state index is 11.6. The number of primary amides is 1. The van der Waals surface area contributed by atoms with E-state index >= 15 is 0 Å². The molecule has 0 bridgehead atoms. The highest BCUT2D eigenvalue weighted by Gasteiger charge is 2.33. The monoisotopic (exact) mass is 322 g/mol. The maximum atomic E-state index is 11.6. The van der Waals surface area contributed by atoms with Crippen molar-refractivity contribution in [2.24, 2.45) is 5.73 Å². The number of nitrogens with zero attached hydrogens (tertiary/aromatic N) is 3. The molecule has 1 amide bonds. The van der Waals surface area contributed by atoms with Crippen LogP contribution in [0.4, 0.5) is 5.82 Å². The van der Waals surface area contributed by atoms with Gasteiger partial charge in [0.15, 0.2) is 11.0 Å². The number of rotatable bonds is 3. The lowest BCUT2D eigenvalue weighted by molar-refractivity contribution is 0.1000. The average molecular weight is 323 g/mol. The largest absolute Gasteiger partial charge is 0.365 e. The SMILES string of the molecule is C[C@H]1C[C@@H](c2ccsc2)CN1c1nnc(Cl)cc1C(N)=O. The second kappa shape index (κ2) is 5.61. The minimum atomic E-state index is -0.534. The molecule has 0 unspecified atom stereocenters. The van der Waals surface area contributed by atoms with Crippen molar-refractivity contribution in [2.75, 3.05) is 11.4 Å². The van der Waals surface area contributed by atoms with E-state index in [0.717, 1.165) is 13.0 Å². The van der Waals surface area contributed by atoms with Gasteiger partial charge in [-0.05, 0) is 41.8 Å². The average Bonchev–Trinajstić information content (AvgIpc) is 3.08. The minimum Gasteiger partial charge on any atom is -0.365 e. The predicted molar refractivity (Wildman–Crippen MR) is 84.0 cm³/mol. The first-order valence-corrected chi connectivity index (χ1v) is 8.00. The molecule has 21 heavy (non-hydrogen) atoms. The van der Waals surface area contributed by atoms with Gasteiger partial charge < -0.3 is 10.6 Å². The van der Waals surface area contributed by atoms with Gasteiger partial charge in [-0.25, -0.2) is 0 Å². The molecule has 1 aliphatic heterocycles. The lowest BCUT2D eigenvalue weighted by Gasteiger charge is -2.23. The zero-order chi connectivity index (χ0) is 15.0. The highest BCUT2D eigenvalue weighted by atomic mass is 35.5. The molecule has 7 heteroatoms. The van der Waals surface area contributed by atoms with Crippen LogP contribution < -0.4 is 10.6 Å². The second-order valence-corrected chi connectivity index (χ2v) is 6.43. The van der Waals surface area contributed by atoms with E-state index in [1.807, 2.05) is 0 Å². The number of amides is 1. The Bertz CT molecular complexity index is 661. The molecule has 2 aromatic rings. The van der Waals surface area contributed by atoms with Crippen molar-refractivity contribution in [1.82, 2.24) is 10.2 Å². The quantitative estimate of drug-likeness (QED) is 0.943. The molecule has 3 rings (SSSR count). The van der Waals surface area contributed by atoms with Crippen LogP contribution in [0.15, 0.2) is 22.9 Å². The number of hydrogen-bond donors (Lipinski definition) is 1. The summed E-state index contributed by atoms with van der Waals surface area (Å²) in [7, 11) is 0. The molecule has 110 valence electrons. The van der Waals surface area contributed by atoms with E-state index in [1.54, 1.807) is 11.3 Å².